The van der Waals surface area contributed by atoms with Crippen LogP contribution in [-0.2, 0) is 29.1 Å². The normalized spacial score (nSPS) is 14.4. The second kappa shape index (κ2) is 8.39. The summed E-state index contributed by atoms with van der Waals surface area (Å²) in [5.41, 5.74) is 4.81. The SMILES string of the molecule is CC(C)(C)OC(=O)C(N)C(NS(=O)(=O)c1ccccc1)C(=O)OCO. The second-order valence-electron chi connectivity index (χ2n) is 6.06. The first kappa shape index (κ1) is 21.0. The lowest BCUT2D eigenvalue weighted by atomic mass is 10.1. The van der Waals surface area contributed by atoms with E-state index in [1.54, 1.807) is 26.8 Å². The van der Waals surface area contributed by atoms with Crippen LogP contribution < -0.4 is 10.5 Å². The van der Waals surface area contributed by atoms with E-state index in [1.807, 2.05) is 4.72 Å². The lowest BCUT2D eigenvalue weighted by Gasteiger charge is -2.26. The molecule has 0 aliphatic heterocycles. The molecule has 0 aliphatic rings. The maximum absolute atomic E-state index is 12.4. The van der Waals surface area contributed by atoms with Crippen LogP contribution in [0.4, 0.5) is 0 Å². The van der Waals surface area contributed by atoms with Crippen molar-refractivity contribution in [2.45, 2.75) is 43.4 Å². The van der Waals surface area contributed by atoms with Gasteiger partial charge in [-0.1, -0.05) is 18.2 Å². The van der Waals surface area contributed by atoms with E-state index in [9.17, 15) is 18.0 Å². The maximum Gasteiger partial charge on any atom is 0.328 e. The number of rotatable bonds is 7. The topological polar surface area (TPSA) is 145 Å². The van der Waals surface area contributed by atoms with Crippen LogP contribution in [-0.4, -0.2) is 49.9 Å². The zero-order valence-corrected chi connectivity index (χ0v) is 14.9. The Morgan fingerprint density at radius 1 is 1.20 bits per heavy atom. The molecule has 0 amide bonds. The van der Waals surface area contributed by atoms with Gasteiger partial charge in [0.15, 0.2) is 6.79 Å². The zero-order chi connectivity index (χ0) is 19.3. The number of sulfonamides is 1. The fourth-order valence-electron chi connectivity index (χ4n) is 1.76. The highest BCUT2D eigenvalue weighted by Gasteiger charge is 2.38. The maximum atomic E-state index is 12.4. The second-order valence-corrected chi connectivity index (χ2v) is 7.78. The van der Waals surface area contributed by atoms with Gasteiger partial charge in [-0.25, -0.2) is 8.42 Å². The minimum Gasteiger partial charge on any atom is -0.459 e. The first-order valence-electron chi connectivity index (χ1n) is 7.31. The predicted octanol–water partition coefficient (Wildman–Crippen LogP) is -0.504. The summed E-state index contributed by atoms with van der Waals surface area (Å²) in [4.78, 5) is 23.9. The van der Waals surface area contributed by atoms with Crippen molar-refractivity contribution in [2.24, 2.45) is 5.73 Å². The molecule has 0 bridgehead atoms. The number of nitrogens with one attached hydrogen (secondary N) is 1. The molecule has 0 aliphatic carbocycles. The van der Waals surface area contributed by atoms with Gasteiger partial charge in [0.1, 0.15) is 17.7 Å². The lowest BCUT2D eigenvalue weighted by molar-refractivity contribution is -0.164. The summed E-state index contributed by atoms with van der Waals surface area (Å²) in [6, 6.07) is 3.75. The monoisotopic (exact) mass is 374 g/mol. The summed E-state index contributed by atoms with van der Waals surface area (Å²) in [5.74, 6) is -2.21. The molecular formula is C15H22N2O7S. The third-order valence-electron chi connectivity index (χ3n) is 2.83. The van der Waals surface area contributed by atoms with Crippen LogP contribution >= 0.6 is 0 Å². The number of esters is 2. The van der Waals surface area contributed by atoms with Crippen LogP contribution in [0.5, 0.6) is 0 Å². The minimum absolute atomic E-state index is 0.131. The van der Waals surface area contributed by atoms with Gasteiger partial charge >= 0.3 is 11.9 Å². The van der Waals surface area contributed by atoms with Gasteiger partial charge in [0.2, 0.25) is 10.0 Å². The van der Waals surface area contributed by atoms with Gasteiger partial charge in [-0.15, -0.1) is 0 Å². The standard InChI is InChI=1S/C15H22N2O7S/c1-15(2,3)24-13(19)11(16)12(14(20)23-9-18)17-25(21,22)10-7-5-4-6-8-10/h4-8,11-12,17-18H,9,16H2,1-3H3. The highest BCUT2D eigenvalue weighted by Crippen LogP contribution is 2.13. The molecule has 0 saturated carbocycles. The molecule has 0 aromatic heterocycles. The number of nitrogens with two attached hydrogens (primary N) is 1. The minimum atomic E-state index is -4.17. The summed E-state index contributed by atoms with van der Waals surface area (Å²) in [5, 5.41) is 8.73. The average Bonchev–Trinajstić information content (AvgIpc) is 2.51. The number of carbonyl (C=O) groups is 2. The fraction of sp³-hybridized carbons (Fsp3) is 0.467. The molecule has 4 N–H and O–H groups in total. The molecule has 0 saturated heterocycles. The van der Waals surface area contributed by atoms with Gasteiger partial charge in [0.05, 0.1) is 4.90 Å². The van der Waals surface area contributed by atoms with E-state index in [-0.39, 0.29) is 4.90 Å². The van der Waals surface area contributed by atoms with E-state index in [0.29, 0.717) is 0 Å². The molecule has 10 heteroatoms. The number of hydrogen-bond donors (Lipinski definition) is 3. The Morgan fingerprint density at radius 2 is 1.76 bits per heavy atom. The van der Waals surface area contributed by atoms with E-state index >= 15 is 0 Å². The van der Waals surface area contributed by atoms with Gasteiger partial charge in [-0.2, -0.15) is 4.72 Å². The van der Waals surface area contributed by atoms with Crippen molar-refractivity contribution in [3.8, 4) is 0 Å². The number of ether oxygens (including phenoxy) is 2. The Balaban J connectivity index is 3.09. The fourth-order valence-corrected chi connectivity index (χ4v) is 2.99. The van der Waals surface area contributed by atoms with Crippen molar-refractivity contribution < 1.29 is 32.6 Å². The van der Waals surface area contributed by atoms with Gasteiger partial charge in [0, 0.05) is 0 Å². The molecule has 2 unspecified atom stereocenters. The van der Waals surface area contributed by atoms with Crippen LogP contribution in [0, 0.1) is 0 Å². The van der Waals surface area contributed by atoms with Gasteiger partial charge < -0.3 is 20.3 Å². The highest BCUT2D eigenvalue weighted by molar-refractivity contribution is 7.89. The first-order valence-corrected chi connectivity index (χ1v) is 8.79. The third kappa shape index (κ3) is 6.42. The molecule has 140 valence electrons. The van der Waals surface area contributed by atoms with Crippen molar-refractivity contribution >= 4 is 22.0 Å². The van der Waals surface area contributed by atoms with Gasteiger partial charge in [-0.3, -0.25) is 9.59 Å². The number of hydrogen-bond acceptors (Lipinski definition) is 8. The third-order valence-corrected chi connectivity index (χ3v) is 4.29. The zero-order valence-electron chi connectivity index (χ0n) is 14.1. The number of aliphatic hydroxyl groups excluding tert-OH is 1. The predicted molar refractivity (Wildman–Crippen MR) is 87.5 cm³/mol. The van der Waals surface area contributed by atoms with E-state index in [1.165, 1.54) is 24.3 Å². The Bertz CT molecular complexity index is 698. The van der Waals surface area contributed by atoms with E-state index in [4.69, 9.17) is 15.6 Å². The molecule has 9 nitrogen and oxygen atoms in total. The summed E-state index contributed by atoms with van der Waals surface area (Å²) in [6.07, 6.45) is 0. The Morgan fingerprint density at radius 3 is 2.24 bits per heavy atom. The molecular weight excluding hydrogens is 352 g/mol. The quantitative estimate of drug-likeness (QED) is 0.428. The Hall–Kier alpha value is -2.01. The van der Waals surface area contributed by atoms with Gasteiger partial charge in [0.25, 0.3) is 0 Å². The molecule has 1 aromatic rings. The van der Waals surface area contributed by atoms with E-state index in [2.05, 4.69) is 4.74 Å². The number of benzene rings is 1. The van der Waals surface area contributed by atoms with Crippen LogP contribution in [0.1, 0.15) is 20.8 Å². The van der Waals surface area contributed by atoms with Crippen molar-refractivity contribution in [3.05, 3.63) is 30.3 Å². The molecule has 0 spiro atoms. The van der Waals surface area contributed by atoms with Crippen molar-refractivity contribution in [1.82, 2.24) is 4.72 Å². The summed E-state index contributed by atoms with van der Waals surface area (Å²) >= 11 is 0. The largest absolute Gasteiger partial charge is 0.459 e. The van der Waals surface area contributed by atoms with E-state index in [0.717, 1.165) is 0 Å². The summed E-state index contributed by atoms with van der Waals surface area (Å²) in [7, 11) is -4.17. The van der Waals surface area contributed by atoms with Crippen molar-refractivity contribution in [1.29, 1.82) is 0 Å². The highest BCUT2D eigenvalue weighted by atomic mass is 32.2. The Labute approximate surface area is 146 Å². The summed E-state index contributed by atoms with van der Waals surface area (Å²) in [6.45, 7) is 3.77. The molecule has 1 aromatic carbocycles. The smallest absolute Gasteiger partial charge is 0.328 e. The molecule has 0 heterocycles. The number of carbonyl (C=O) groups excluding carboxylic acids is 2. The first-order chi connectivity index (χ1) is 11.5. The van der Waals surface area contributed by atoms with Crippen molar-refractivity contribution in [2.75, 3.05) is 6.79 Å². The molecule has 2 atom stereocenters. The van der Waals surface area contributed by atoms with Crippen LogP contribution in [0.2, 0.25) is 0 Å². The molecule has 0 fully saturated rings. The van der Waals surface area contributed by atoms with Gasteiger partial charge in [-0.05, 0) is 32.9 Å². The van der Waals surface area contributed by atoms with E-state index < -0.39 is 46.4 Å². The van der Waals surface area contributed by atoms with Crippen LogP contribution in [0.3, 0.4) is 0 Å². The van der Waals surface area contributed by atoms with Crippen molar-refractivity contribution in [3.63, 3.8) is 0 Å². The van der Waals surface area contributed by atoms with Crippen LogP contribution in [0.15, 0.2) is 35.2 Å². The average molecular weight is 374 g/mol. The van der Waals surface area contributed by atoms with Crippen LogP contribution in [0.25, 0.3) is 0 Å². The molecule has 1 rings (SSSR count). The summed E-state index contributed by atoms with van der Waals surface area (Å²) < 4.78 is 36.2. The molecule has 0 radical (unpaired) electrons. The Kier molecular flexibility index (Phi) is 7.06. The number of aliphatic hydroxyl groups is 1. The molecule has 25 heavy (non-hydrogen) atoms. The lowest BCUT2D eigenvalue weighted by Crippen LogP contribution is -2.57.